The van der Waals surface area contributed by atoms with Crippen LogP contribution >= 0.6 is 0 Å². The molecule has 1 aliphatic rings. The van der Waals surface area contributed by atoms with Crippen molar-refractivity contribution >= 4 is 10.0 Å². The smallest absolute Gasteiger partial charge is 0.278 e. The molecule has 152 valence electrons. The summed E-state index contributed by atoms with van der Waals surface area (Å²) in [5.41, 5.74) is 0. The quantitative estimate of drug-likeness (QED) is 0.682. The number of nitrogens with zero attached hydrogens (tertiary/aromatic N) is 3. The molecule has 2 aromatic rings. The van der Waals surface area contributed by atoms with E-state index in [4.69, 9.17) is 18.9 Å². The van der Waals surface area contributed by atoms with E-state index in [1.54, 1.807) is 6.07 Å². The van der Waals surface area contributed by atoms with Crippen LogP contribution in [-0.2, 0) is 10.0 Å². The van der Waals surface area contributed by atoms with Crippen LogP contribution < -0.4 is 18.9 Å². The minimum absolute atomic E-state index is 0.142. The highest BCUT2D eigenvalue weighted by atomic mass is 32.2. The fourth-order valence-corrected chi connectivity index (χ4v) is 4.56. The van der Waals surface area contributed by atoms with Gasteiger partial charge in [-0.25, -0.2) is 18.4 Å². The van der Waals surface area contributed by atoms with Crippen LogP contribution in [0, 0.1) is 0 Å². The predicted molar refractivity (Wildman–Crippen MR) is 101 cm³/mol. The van der Waals surface area contributed by atoms with Crippen molar-refractivity contribution in [1.82, 2.24) is 14.3 Å². The minimum atomic E-state index is -3.71. The molecule has 1 saturated heterocycles. The summed E-state index contributed by atoms with van der Waals surface area (Å²) in [6.07, 6.45) is 4.02. The molecule has 1 aromatic heterocycles. The first-order valence-corrected chi connectivity index (χ1v) is 10.2. The van der Waals surface area contributed by atoms with Crippen molar-refractivity contribution in [3.05, 3.63) is 30.6 Å². The Morgan fingerprint density at radius 3 is 2.39 bits per heavy atom. The number of sulfonamides is 1. The fraction of sp³-hybridized carbons (Fsp3) is 0.444. The maximum absolute atomic E-state index is 13.1. The summed E-state index contributed by atoms with van der Waals surface area (Å²) in [5.74, 6) is 1.34. The number of ether oxygens (including phenoxy) is 4. The Morgan fingerprint density at radius 1 is 1.00 bits per heavy atom. The highest BCUT2D eigenvalue weighted by molar-refractivity contribution is 7.89. The number of aromatic nitrogens is 2. The SMILES string of the molecule is COc1ccc(S(=O)(=O)N2CCCC(Oc3nccnc3OC)C2)cc1OC. The fourth-order valence-electron chi connectivity index (χ4n) is 3.04. The molecule has 3 rings (SSSR count). The van der Waals surface area contributed by atoms with E-state index < -0.39 is 10.0 Å². The van der Waals surface area contributed by atoms with Gasteiger partial charge in [0.25, 0.3) is 11.8 Å². The summed E-state index contributed by atoms with van der Waals surface area (Å²) < 4.78 is 49.0. The van der Waals surface area contributed by atoms with E-state index in [1.165, 1.54) is 50.2 Å². The summed E-state index contributed by atoms with van der Waals surface area (Å²) in [7, 11) is 0.733. The lowest BCUT2D eigenvalue weighted by Crippen LogP contribution is -2.44. The summed E-state index contributed by atoms with van der Waals surface area (Å²) in [5, 5.41) is 0. The van der Waals surface area contributed by atoms with Crippen LogP contribution in [0.4, 0.5) is 0 Å². The molecule has 1 unspecified atom stereocenters. The normalized spacial score (nSPS) is 17.8. The number of rotatable bonds is 7. The predicted octanol–water partition coefficient (Wildman–Crippen LogP) is 1.73. The van der Waals surface area contributed by atoms with Crippen molar-refractivity contribution in [2.45, 2.75) is 23.8 Å². The first-order chi connectivity index (χ1) is 13.5. The molecule has 0 amide bonds. The van der Waals surface area contributed by atoms with Gasteiger partial charge in [-0.05, 0) is 25.0 Å². The van der Waals surface area contributed by atoms with E-state index in [-0.39, 0.29) is 29.3 Å². The Kier molecular flexibility index (Phi) is 6.20. The number of benzene rings is 1. The molecule has 0 N–H and O–H groups in total. The summed E-state index contributed by atoms with van der Waals surface area (Å²) in [6, 6.07) is 4.55. The molecule has 9 nitrogen and oxygen atoms in total. The van der Waals surface area contributed by atoms with E-state index in [9.17, 15) is 8.42 Å². The second-order valence-electron chi connectivity index (χ2n) is 6.13. The Labute approximate surface area is 164 Å². The molecule has 1 fully saturated rings. The van der Waals surface area contributed by atoms with Crippen LogP contribution in [0.5, 0.6) is 23.3 Å². The average Bonchev–Trinajstić information content (AvgIpc) is 2.73. The molecule has 0 saturated carbocycles. The summed E-state index contributed by atoms with van der Waals surface area (Å²) >= 11 is 0. The van der Waals surface area contributed by atoms with Gasteiger partial charge in [-0.15, -0.1) is 0 Å². The Morgan fingerprint density at radius 2 is 1.71 bits per heavy atom. The van der Waals surface area contributed by atoms with Crippen LogP contribution in [0.2, 0.25) is 0 Å². The molecule has 1 aromatic carbocycles. The van der Waals surface area contributed by atoms with Gasteiger partial charge in [-0.2, -0.15) is 4.31 Å². The Hall–Kier alpha value is -2.59. The molecular formula is C18H23N3O6S. The zero-order chi connectivity index (χ0) is 20.1. The highest BCUT2D eigenvalue weighted by Gasteiger charge is 2.32. The van der Waals surface area contributed by atoms with E-state index in [2.05, 4.69) is 9.97 Å². The second-order valence-corrected chi connectivity index (χ2v) is 8.07. The average molecular weight is 409 g/mol. The van der Waals surface area contributed by atoms with Gasteiger partial charge in [0.2, 0.25) is 10.0 Å². The van der Waals surface area contributed by atoms with Gasteiger partial charge < -0.3 is 18.9 Å². The van der Waals surface area contributed by atoms with Gasteiger partial charge in [0.1, 0.15) is 6.10 Å². The van der Waals surface area contributed by atoms with Crippen molar-refractivity contribution in [2.75, 3.05) is 34.4 Å². The van der Waals surface area contributed by atoms with E-state index in [0.29, 0.717) is 30.9 Å². The lowest BCUT2D eigenvalue weighted by atomic mass is 10.1. The second kappa shape index (κ2) is 8.61. The van der Waals surface area contributed by atoms with Crippen LogP contribution in [0.15, 0.2) is 35.5 Å². The van der Waals surface area contributed by atoms with E-state index in [1.807, 2.05) is 0 Å². The van der Waals surface area contributed by atoms with Crippen molar-refractivity contribution in [3.63, 3.8) is 0 Å². The maximum Gasteiger partial charge on any atom is 0.278 e. The van der Waals surface area contributed by atoms with Gasteiger partial charge in [-0.3, -0.25) is 0 Å². The molecule has 28 heavy (non-hydrogen) atoms. The molecule has 1 aliphatic heterocycles. The third kappa shape index (κ3) is 4.12. The third-order valence-electron chi connectivity index (χ3n) is 4.44. The van der Waals surface area contributed by atoms with Gasteiger partial charge in [0.15, 0.2) is 11.5 Å². The molecule has 0 spiro atoms. The van der Waals surface area contributed by atoms with Gasteiger partial charge in [0, 0.05) is 25.0 Å². The molecular weight excluding hydrogens is 386 g/mol. The number of piperidine rings is 1. The topological polar surface area (TPSA) is 100 Å². The minimum Gasteiger partial charge on any atom is -0.493 e. The number of methoxy groups -OCH3 is 3. The first-order valence-electron chi connectivity index (χ1n) is 8.73. The van der Waals surface area contributed by atoms with E-state index in [0.717, 1.165) is 0 Å². The monoisotopic (exact) mass is 409 g/mol. The Balaban J connectivity index is 1.79. The third-order valence-corrected chi connectivity index (χ3v) is 6.30. The Bertz CT molecular complexity index is 921. The molecule has 2 heterocycles. The lowest BCUT2D eigenvalue weighted by molar-refractivity contribution is 0.119. The first kappa shape index (κ1) is 20.2. The van der Waals surface area contributed by atoms with Gasteiger partial charge >= 0.3 is 0 Å². The molecule has 0 aliphatic carbocycles. The zero-order valence-corrected chi connectivity index (χ0v) is 16.8. The van der Waals surface area contributed by atoms with Crippen LogP contribution in [0.1, 0.15) is 12.8 Å². The van der Waals surface area contributed by atoms with Gasteiger partial charge in [-0.1, -0.05) is 0 Å². The molecule has 0 bridgehead atoms. The molecule has 0 radical (unpaired) electrons. The zero-order valence-electron chi connectivity index (χ0n) is 16.0. The highest BCUT2D eigenvalue weighted by Crippen LogP contribution is 2.32. The van der Waals surface area contributed by atoms with Crippen LogP contribution in [0.3, 0.4) is 0 Å². The number of hydrogen-bond acceptors (Lipinski definition) is 8. The number of hydrogen-bond donors (Lipinski definition) is 0. The van der Waals surface area contributed by atoms with Crippen molar-refractivity contribution in [3.8, 4) is 23.3 Å². The molecule has 1 atom stereocenters. The summed E-state index contributed by atoms with van der Waals surface area (Å²) in [4.78, 5) is 8.31. The van der Waals surface area contributed by atoms with Crippen LogP contribution in [0.25, 0.3) is 0 Å². The summed E-state index contributed by atoms with van der Waals surface area (Å²) in [6.45, 7) is 0.616. The van der Waals surface area contributed by atoms with Crippen LogP contribution in [-0.4, -0.2) is 63.2 Å². The van der Waals surface area contributed by atoms with Gasteiger partial charge in [0.05, 0.1) is 32.8 Å². The lowest BCUT2D eigenvalue weighted by Gasteiger charge is -2.32. The largest absolute Gasteiger partial charge is 0.493 e. The molecule has 10 heteroatoms. The van der Waals surface area contributed by atoms with Crippen molar-refractivity contribution < 1.29 is 27.4 Å². The van der Waals surface area contributed by atoms with Crippen molar-refractivity contribution in [1.29, 1.82) is 0 Å². The van der Waals surface area contributed by atoms with Crippen molar-refractivity contribution in [2.24, 2.45) is 0 Å². The maximum atomic E-state index is 13.1. The van der Waals surface area contributed by atoms with E-state index >= 15 is 0 Å². The standard InChI is InChI=1S/C18H23N3O6S/c1-24-15-7-6-14(11-16(15)25-2)28(22,23)21-10-4-5-13(12-21)27-18-17(26-3)19-8-9-20-18/h6-9,11,13H,4-5,10,12H2,1-3H3.